The van der Waals surface area contributed by atoms with Gasteiger partial charge in [-0.25, -0.2) is 0 Å². The Kier molecular flexibility index (Phi) is 37.9. The van der Waals surface area contributed by atoms with Gasteiger partial charge in [0.15, 0.2) is 21.6 Å². The second-order valence-corrected chi connectivity index (χ2v) is 51.5. The van der Waals surface area contributed by atoms with Crippen LogP contribution in [0.25, 0.3) is 0 Å². The van der Waals surface area contributed by atoms with E-state index in [0.29, 0.717) is 0 Å². The highest BCUT2D eigenvalue weighted by atomic mass is 31.3. The highest BCUT2D eigenvalue weighted by Crippen LogP contribution is 2.84. The average Bonchev–Trinajstić information content (AvgIpc) is 0.749. The molecule has 4 aromatic rings. The van der Waals surface area contributed by atoms with Gasteiger partial charge in [0.2, 0.25) is 0 Å². The summed E-state index contributed by atoms with van der Waals surface area (Å²) >= 11 is 0. The third kappa shape index (κ3) is 27.6. The maximum absolute atomic E-state index is 16.6. The number of fused-ring (bicyclic) bond motifs is 8. The molecule has 1 aliphatic rings. The monoisotopic (exact) mass is 1790 g/mol. The number of aromatic hydroxyl groups is 4. The van der Waals surface area contributed by atoms with Gasteiger partial charge in [0.1, 0.15) is 23.0 Å². The number of phenols is 4. The highest BCUT2D eigenvalue weighted by Gasteiger charge is 2.59. The summed E-state index contributed by atoms with van der Waals surface area (Å²) in [6.45, 7) is 50.9. The van der Waals surface area contributed by atoms with E-state index >= 15 is 36.5 Å². The lowest BCUT2D eigenvalue weighted by molar-refractivity contribution is 0.120. The molecule has 0 saturated heterocycles. The third-order valence-electron chi connectivity index (χ3n) is 16.0. The van der Waals surface area contributed by atoms with Crippen molar-refractivity contribution in [3.63, 3.8) is 0 Å². The van der Waals surface area contributed by atoms with Crippen molar-refractivity contribution in [2.45, 2.75) is 367 Å². The first-order chi connectivity index (χ1) is 53.1. The van der Waals surface area contributed by atoms with Crippen molar-refractivity contribution >= 4 is 60.8 Å². The molecule has 1 aliphatic carbocycles. The predicted octanol–water partition coefficient (Wildman–Crippen LogP) is 25.5. The second-order valence-electron chi connectivity index (χ2n) is 33.7. The lowest BCUT2D eigenvalue weighted by atomic mass is 9.89. The fraction of sp³-hybridized carbons (Fsp3) is 0.700. The zero-order valence-corrected chi connectivity index (χ0v) is 81.3. The first kappa shape index (κ1) is 104. The van der Waals surface area contributed by atoms with Crippen LogP contribution in [0.1, 0.15) is 310 Å². The highest BCUT2D eigenvalue weighted by molar-refractivity contribution is 7.73. The molecule has 0 fully saturated rings. The quantitative estimate of drug-likeness (QED) is 0.0263. The second kappa shape index (κ2) is 42.3. The molecular formula is C80H136O28P8. The predicted molar refractivity (Wildman–Crippen MR) is 455 cm³/mol. The smallest absolute Gasteiger partial charge is 0.350 e. The molecule has 0 amide bonds. The molecule has 0 spiro atoms. The van der Waals surface area contributed by atoms with E-state index in [9.17, 15) is 20.4 Å². The van der Waals surface area contributed by atoms with Crippen LogP contribution in [0.5, 0.6) is 23.0 Å². The van der Waals surface area contributed by atoms with Crippen LogP contribution in [-0.2, 0) is 135 Å². The molecule has 0 unspecified atom stereocenters. The summed E-state index contributed by atoms with van der Waals surface area (Å²) in [5, 5.41) is 46.4. The van der Waals surface area contributed by atoms with Crippen LogP contribution in [0.15, 0.2) is 48.5 Å². The van der Waals surface area contributed by atoms with Gasteiger partial charge in [0.25, 0.3) is 0 Å². The summed E-state index contributed by atoms with van der Waals surface area (Å²) in [5.41, 5.74) is -2.08. The molecule has 0 aromatic heterocycles. The molecule has 0 saturated carbocycles. The Morgan fingerprint density at radius 1 is 0.181 bits per heavy atom. The minimum Gasteiger partial charge on any atom is -0.507 e. The van der Waals surface area contributed by atoms with E-state index in [1.807, 2.05) is 0 Å². The summed E-state index contributed by atoms with van der Waals surface area (Å²) in [6, 6.07) is 10.8. The Morgan fingerprint density at radius 3 is 0.328 bits per heavy atom. The first-order valence-corrected chi connectivity index (χ1v) is 53.1. The zero-order chi connectivity index (χ0) is 88.6. The van der Waals surface area contributed by atoms with E-state index in [1.165, 1.54) is 48.5 Å². The van der Waals surface area contributed by atoms with Crippen LogP contribution < -0.4 is 0 Å². The van der Waals surface area contributed by atoms with Crippen LogP contribution in [0.2, 0.25) is 0 Å². The number of benzene rings is 4. The van der Waals surface area contributed by atoms with Gasteiger partial charge < -0.3 is 92.8 Å². The van der Waals surface area contributed by atoms with E-state index in [-0.39, 0.29) is 66.8 Å². The van der Waals surface area contributed by atoms with Gasteiger partial charge >= 0.3 is 60.8 Å². The number of phenolic OH excluding ortho intramolecular Hbond substituents is 4. The SMILES string of the molecule is CC(C)OP(=O)(OC(C)C)C(c1cc2c(O)c(c1)Cc1cc(C(P(=O)(OC(C)C)OC(C)C)P(=O)(OC(C)C)OC(C)C)cc(c1O)Cc1cc(C(P(=O)(OC(C)C)OC(C)C)P(=O)(OC(C)C)OC(C)C)cc(c1O)Cc1cc(C(P(=O)(OC(C)C)OC(C)C)P(=O)(OC(C)C)OC(C)C)cc(c1O)C2)P(=O)(OC(C)C)OC(C)C. The molecule has 0 radical (unpaired) electrons. The maximum Gasteiger partial charge on any atom is 0.350 e. The Balaban J connectivity index is 2.43. The lowest BCUT2D eigenvalue weighted by Crippen LogP contribution is -2.20. The van der Waals surface area contributed by atoms with Crippen molar-refractivity contribution in [1.82, 2.24) is 0 Å². The molecule has 0 aliphatic heterocycles. The van der Waals surface area contributed by atoms with Gasteiger partial charge in [0.05, 0.1) is 97.7 Å². The molecule has 28 nitrogen and oxygen atoms in total. The number of rotatable bonds is 44. The standard InChI is InChI=1S/C80H136O28P8/c1-45(2)93-109(85,94-46(3)4)77(110(86,95-47(5)6)96-48(7)8)69-37-61-33-63-39-70(78(111(87,97-49(9)10)98-50(11)12)112(88,99-51(13)14)100-52(15)16)41-65(74(63)82)35-67-43-72(80(115(91,105-57(25)26)106-58(27)28)116(92,107-59(29)30)108-60(31)32)44-68(76(67)84)36-66-42-71(40-64(75(66)83)34-62(38-69)73(61)81)79(113(89,101-53(17)18)102-54(19)20)114(90,103-55(21)22)104-56(23)24/h37-60,77-84H,33-36H2,1-32H3. The van der Waals surface area contributed by atoms with Crippen molar-refractivity contribution in [3.8, 4) is 23.0 Å². The summed E-state index contributed by atoms with van der Waals surface area (Å²) in [7, 11) is -39.9. The van der Waals surface area contributed by atoms with Crippen LogP contribution in [0.4, 0.5) is 0 Å². The van der Waals surface area contributed by atoms with E-state index in [0.717, 1.165) is 0 Å². The topological polar surface area (TPSA) is 365 Å². The minimum absolute atomic E-state index is 0.173. The van der Waals surface area contributed by atoms with Gasteiger partial charge in [-0.2, -0.15) is 0 Å². The van der Waals surface area contributed by atoms with E-state index in [2.05, 4.69) is 0 Å². The molecule has 4 aromatic carbocycles. The summed E-state index contributed by atoms with van der Waals surface area (Å²) in [6.07, 6.45) is -17.2. The van der Waals surface area contributed by atoms with Crippen LogP contribution >= 0.6 is 60.8 Å². The van der Waals surface area contributed by atoms with Gasteiger partial charge in [-0.15, -0.1) is 0 Å². The van der Waals surface area contributed by atoms with E-state index in [4.69, 9.17) is 72.4 Å². The average molecular weight is 1790 g/mol. The van der Waals surface area contributed by atoms with Crippen LogP contribution in [0.3, 0.4) is 0 Å². The fourth-order valence-corrected chi connectivity index (χ4v) is 37.5. The van der Waals surface area contributed by atoms with Crippen LogP contribution in [0, 0.1) is 0 Å². The van der Waals surface area contributed by atoms with Crippen LogP contribution in [-0.4, -0.2) is 118 Å². The number of hydrogen-bond acceptors (Lipinski definition) is 28. The Bertz CT molecular complexity index is 3450. The molecule has 36 heteroatoms. The van der Waals surface area contributed by atoms with Gasteiger partial charge in [0, 0.05) is 25.7 Å². The normalized spacial score (nSPS) is 14.5. The lowest BCUT2D eigenvalue weighted by Gasteiger charge is -2.36. The van der Waals surface area contributed by atoms with E-state index in [1.54, 1.807) is 222 Å². The zero-order valence-electron chi connectivity index (χ0n) is 74.2. The molecule has 0 atom stereocenters. The Morgan fingerprint density at radius 2 is 0.259 bits per heavy atom. The molecule has 4 N–H and O–H groups in total. The van der Waals surface area contributed by atoms with Crippen molar-refractivity contribution in [2.24, 2.45) is 0 Å². The third-order valence-corrected chi connectivity index (χ3v) is 41.4. The van der Waals surface area contributed by atoms with Crippen molar-refractivity contribution in [2.75, 3.05) is 0 Å². The first-order valence-electron chi connectivity index (χ1n) is 40.2. The summed E-state index contributed by atoms with van der Waals surface area (Å²) in [4.78, 5) is 0. The van der Waals surface area contributed by atoms with Gasteiger partial charge in [-0.05, 0) is 288 Å². The molecule has 0 heterocycles. The van der Waals surface area contributed by atoms with Gasteiger partial charge in [-0.1, -0.05) is 48.5 Å². The number of hydrogen-bond donors (Lipinski definition) is 4. The summed E-state index contributed by atoms with van der Waals surface area (Å²) < 4.78 is 235. The Hall–Kier alpha value is -2.72. The molecule has 664 valence electrons. The molecule has 8 bridgehead atoms. The maximum atomic E-state index is 16.6. The molecule has 5 rings (SSSR count). The Labute approximate surface area is 691 Å². The molecule has 116 heavy (non-hydrogen) atoms. The largest absolute Gasteiger partial charge is 0.507 e. The fourth-order valence-electron chi connectivity index (χ4n) is 13.6. The molecular weight excluding hydrogens is 1660 g/mol. The van der Waals surface area contributed by atoms with Crippen molar-refractivity contribution in [1.29, 1.82) is 0 Å². The minimum atomic E-state index is -4.98. The summed E-state index contributed by atoms with van der Waals surface area (Å²) in [5.74, 6) is -2.36. The van der Waals surface area contributed by atoms with Crippen molar-refractivity contribution < 1.29 is 129 Å². The van der Waals surface area contributed by atoms with E-state index < -0.39 is 229 Å². The van der Waals surface area contributed by atoms with Gasteiger partial charge in [-0.3, -0.25) is 36.5 Å². The van der Waals surface area contributed by atoms with Crippen molar-refractivity contribution in [3.05, 3.63) is 115 Å².